The van der Waals surface area contributed by atoms with E-state index in [1.807, 2.05) is 24.3 Å². The van der Waals surface area contributed by atoms with Crippen molar-refractivity contribution in [3.05, 3.63) is 34.3 Å². The summed E-state index contributed by atoms with van der Waals surface area (Å²) in [5.41, 5.74) is -0.0640. The number of halogens is 1. The van der Waals surface area contributed by atoms with E-state index < -0.39 is 11.5 Å². The SMILES string of the molecule is O=C(O)C1(c2cccc(Br)c2)CCCN1. The molecule has 15 heavy (non-hydrogen) atoms. The molecule has 0 aliphatic carbocycles. The molecule has 0 aromatic heterocycles. The lowest BCUT2D eigenvalue weighted by Gasteiger charge is -2.25. The van der Waals surface area contributed by atoms with Gasteiger partial charge < -0.3 is 5.11 Å². The lowest BCUT2D eigenvalue weighted by molar-refractivity contribution is -0.144. The van der Waals surface area contributed by atoms with E-state index in [4.69, 9.17) is 0 Å². The Bertz CT molecular complexity index is 386. The number of rotatable bonds is 2. The van der Waals surface area contributed by atoms with Crippen molar-refractivity contribution in [1.29, 1.82) is 0 Å². The maximum absolute atomic E-state index is 11.4. The Morgan fingerprint density at radius 3 is 2.87 bits per heavy atom. The number of hydrogen-bond acceptors (Lipinski definition) is 2. The first kappa shape index (κ1) is 10.6. The molecule has 1 aliphatic rings. The molecule has 80 valence electrons. The molecular weight excluding hydrogens is 258 g/mol. The van der Waals surface area contributed by atoms with Crippen LogP contribution in [-0.2, 0) is 10.3 Å². The first-order chi connectivity index (χ1) is 7.15. The summed E-state index contributed by atoms with van der Waals surface area (Å²) < 4.78 is 0.911. The van der Waals surface area contributed by atoms with Crippen LogP contribution in [0.25, 0.3) is 0 Å². The Morgan fingerprint density at radius 1 is 1.53 bits per heavy atom. The highest BCUT2D eigenvalue weighted by Gasteiger charge is 2.42. The number of nitrogens with one attached hydrogen (secondary N) is 1. The zero-order valence-electron chi connectivity index (χ0n) is 8.16. The number of carboxylic acid groups (broad SMARTS) is 1. The van der Waals surface area contributed by atoms with Crippen molar-refractivity contribution >= 4 is 21.9 Å². The molecule has 1 aromatic carbocycles. The molecule has 0 saturated carbocycles. The number of carboxylic acids is 1. The summed E-state index contributed by atoms with van der Waals surface area (Å²) in [7, 11) is 0. The van der Waals surface area contributed by atoms with Crippen LogP contribution >= 0.6 is 15.9 Å². The third kappa shape index (κ3) is 1.79. The standard InChI is InChI=1S/C11H12BrNO2/c12-9-4-1-3-8(7-9)11(10(14)15)5-2-6-13-11/h1,3-4,7,13H,2,5-6H2,(H,14,15). The van der Waals surface area contributed by atoms with E-state index >= 15 is 0 Å². The second kappa shape index (κ2) is 3.94. The van der Waals surface area contributed by atoms with Gasteiger partial charge in [0.25, 0.3) is 0 Å². The van der Waals surface area contributed by atoms with Crippen LogP contribution in [0.3, 0.4) is 0 Å². The van der Waals surface area contributed by atoms with Gasteiger partial charge >= 0.3 is 5.97 Å². The fraction of sp³-hybridized carbons (Fsp3) is 0.364. The van der Waals surface area contributed by atoms with Gasteiger partial charge in [-0.05, 0) is 37.1 Å². The third-order valence-electron chi connectivity index (χ3n) is 2.84. The Balaban J connectivity index is 2.45. The van der Waals surface area contributed by atoms with Gasteiger partial charge in [0, 0.05) is 4.47 Å². The summed E-state index contributed by atoms with van der Waals surface area (Å²) in [4.78, 5) is 11.4. The second-order valence-corrected chi connectivity index (χ2v) is 4.67. The largest absolute Gasteiger partial charge is 0.480 e. The highest BCUT2D eigenvalue weighted by molar-refractivity contribution is 9.10. The van der Waals surface area contributed by atoms with Gasteiger partial charge in [0.15, 0.2) is 0 Å². The Hall–Kier alpha value is -0.870. The van der Waals surface area contributed by atoms with Crippen molar-refractivity contribution in [3.8, 4) is 0 Å². The van der Waals surface area contributed by atoms with Gasteiger partial charge in [-0.2, -0.15) is 0 Å². The van der Waals surface area contributed by atoms with Crippen LogP contribution in [0.5, 0.6) is 0 Å². The van der Waals surface area contributed by atoms with E-state index in [0.29, 0.717) is 6.42 Å². The van der Waals surface area contributed by atoms with Crippen molar-refractivity contribution in [2.45, 2.75) is 18.4 Å². The normalized spacial score (nSPS) is 25.4. The van der Waals surface area contributed by atoms with Gasteiger partial charge in [0.2, 0.25) is 0 Å². The summed E-state index contributed by atoms with van der Waals surface area (Å²) in [6, 6.07) is 7.49. The van der Waals surface area contributed by atoms with Crippen LogP contribution < -0.4 is 5.32 Å². The summed E-state index contributed by atoms with van der Waals surface area (Å²) in [6.07, 6.45) is 1.55. The quantitative estimate of drug-likeness (QED) is 0.865. The molecule has 2 N–H and O–H groups in total. The van der Waals surface area contributed by atoms with Crippen LogP contribution in [0.1, 0.15) is 18.4 Å². The van der Waals surface area contributed by atoms with Gasteiger partial charge in [-0.15, -0.1) is 0 Å². The molecule has 3 nitrogen and oxygen atoms in total. The third-order valence-corrected chi connectivity index (χ3v) is 3.33. The van der Waals surface area contributed by atoms with Gasteiger partial charge in [0.1, 0.15) is 5.54 Å². The highest BCUT2D eigenvalue weighted by atomic mass is 79.9. The molecule has 1 fully saturated rings. The molecule has 1 heterocycles. The molecule has 0 amide bonds. The zero-order chi connectivity index (χ0) is 10.9. The molecular formula is C11H12BrNO2. The summed E-state index contributed by atoms with van der Waals surface area (Å²) in [5.74, 6) is -0.793. The maximum Gasteiger partial charge on any atom is 0.328 e. The van der Waals surface area contributed by atoms with Crippen molar-refractivity contribution < 1.29 is 9.90 Å². The fourth-order valence-electron chi connectivity index (χ4n) is 2.05. The maximum atomic E-state index is 11.4. The average molecular weight is 270 g/mol. The predicted molar refractivity (Wildman–Crippen MR) is 60.7 cm³/mol. The first-order valence-corrected chi connectivity index (χ1v) is 5.69. The number of benzene rings is 1. The minimum Gasteiger partial charge on any atom is -0.480 e. The van der Waals surface area contributed by atoms with E-state index in [9.17, 15) is 9.90 Å². The minimum atomic E-state index is -0.885. The lowest BCUT2D eigenvalue weighted by Crippen LogP contribution is -2.44. The molecule has 1 atom stereocenters. The molecule has 0 spiro atoms. The van der Waals surface area contributed by atoms with Gasteiger partial charge in [-0.3, -0.25) is 5.32 Å². The van der Waals surface area contributed by atoms with E-state index in [0.717, 1.165) is 23.0 Å². The van der Waals surface area contributed by atoms with Gasteiger partial charge in [-0.1, -0.05) is 28.1 Å². The molecule has 4 heteroatoms. The van der Waals surface area contributed by atoms with Gasteiger partial charge in [0.05, 0.1) is 0 Å². The summed E-state index contributed by atoms with van der Waals surface area (Å²) >= 11 is 3.36. The van der Waals surface area contributed by atoms with Crippen molar-refractivity contribution in [2.75, 3.05) is 6.54 Å². The van der Waals surface area contributed by atoms with E-state index in [1.54, 1.807) is 0 Å². The number of hydrogen-bond donors (Lipinski definition) is 2. The van der Waals surface area contributed by atoms with Crippen LogP contribution in [0.2, 0.25) is 0 Å². The average Bonchev–Trinajstić information content (AvgIpc) is 2.67. The Labute approximate surface area is 96.6 Å². The predicted octanol–water partition coefficient (Wildman–Crippen LogP) is 2.11. The molecule has 2 rings (SSSR count). The highest BCUT2D eigenvalue weighted by Crippen LogP contribution is 2.32. The molecule has 1 unspecified atom stereocenters. The van der Waals surface area contributed by atoms with E-state index in [2.05, 4.69) is 21.2 Å². The van der Waals surface area contributed by atoms with Crippen molar-refractivity contribution in [3.63, 3.8) is 0 Å². The summed E-state index contributed by atoms with van der Waals surface area (Å²) in [6.45, 7) is 0.763. The number of carbonyl (C=O) groups is 1. The Morgan fingerprint density at radius 2 is 2.33 bits per heavy atom. The fourth-order valence-corrected chi connectivity index (χ4v) is 2.45. The first-order valence-electron chi connectivity index (χ1n) is 4.90. The van der Waals surface area contributed by atoms with Crippen LogP contribution in [-0.4, -0.2) is 17.6 Å². The van der Waals surface area contributed by atoms with E-state index in [1.165, 1.54) is 0 Å². The van der Waals surface area contributed by atoms with Crippen LogP contribution in [0.15, 0.2) is 28.7 Å². The van der Waals surface area contributed by atoms with Crippen LogP contribution in [0, 0.1) is 0 Å². The molecule has 1 aliphatic heterocycles. The molecule has 1 aromatic rings. The molecule has 0 radical (unpaired) electrons. The zero-order valence-corrected chi connectivity index (χ0v) is 9.75. The van der Waals surface area contributed by atoms with Crippen molar-refractivity contribution in [2.24, 2.45) is 0 Å². The molecule has 1 saturated heterocycles. The Kier molecular flexibility index (Phi) is 2.80. The smallest absolute Gasteiger partial charge is 0.328 e. The van der Waals surface area contributed by atoms with Gasteiger partial charge in [-0.25, -0.2) is 4.79 Å². The second-order valence-electron chi connectivity index (χ2n) is 3.75. The number of aliphatic carboxylic acids is 1. The van der Waals surface area contributed by atoms with E-state index in [-0.39, 0.29) is 0 Å². The lowest BCUT2D eigenvalue weighted by atomic mass is 9.88. The summed E-state index contributed by atoms with van der Waals surface area (Å²) in [5, 5.41) is 12.4. The molecule has 0 bridgehead atoms. The van der Waals surface area contributed by atoms with Crippen molar-refractivity contribution in [1.82, 2.24) is 5.32 Å². The monoisotopic (exact) mass is 269 g/mol. The van der Waals surface area contributed by atoms with Crippen LogP contribution in [0.4, 0.5) is 0 Å². The topological polar surface area (TPSA) is 49.3 Å². The minimum absolute atomic E-state index is 0.652.